The third-order valence-electron chi connectivity index (χ3n) is 5.22. The van der Waals surface area contributed by atoms with Crippen molar-refractivity contribution in [3.63, 3.8) is 0 Å². The Morgan fingerprint density at radius 2 is 1.93 bits per heavy atom. The zero-order valence-electron chi connectivity index (χ0n) is 16.1. The highest BCUT2D eigenvalue weighted by atomic mass is 32.1. The van der Waals surface area contributed by atoms with Gasteiger partial charge >= 0.3 is 5.69 Å². The van der Waals surface area contributed by atoms with Crippen LogP contribution >= 0.6 is 11.3 Å². The number of nitrogens with zero attached hydrogens (tertiary/aromatic N) is 2. The molecule has 1 amide bonds. The quantitative estimate of drug-likeness (QED) is 0.636. The van der Waals surface area contributed by atoms with Gasteiger partial charge in [-0.05, 0) is 55.7 Å². The second kappa shape index (κ2) is 8.61. The molecule has 4 rings (SSSR count). The molecule has 1 aromatic carbocycles. The summed E-state index contributed by atoms with van der Waals surface area (Å²) in [6.07, 6.45) is 7.80. The third kappa shape index (κ3) is 4.10. The van der Waals surface area contributed by atoms with E-state index in [2.05, 4.69) is 11.4 Å². The van der Waals surface area contributed by atoms with Crippen molar-refractivity contribution in [1.29, 1.82) is 0 Å². The van der Waals surface area contributed by atoms with E-state index in [1.165, 1.54) is 34.3 Å². The normalized spacial score (nSPS) is 14.0. The minimum absolute atomic E-state index is 0.113. The van der Waals surface area contributed by atoms with E-state index in [1.54, 1.807) is 35.7 Å². The minimum atomic E-state index is -0.503. The molecule has 7 heteroatoms. The number of fused-ring (bicyclic) bond motifs is 1. The SMILES string of the molecule is O=C(Cn1c(=O)n(-c2ccccc2)c(=O)c2sccc21)NCCC1=CCCCC1. The predicted octanol–water partition coefficient (Wildman–Crippen LogP) is 3.22. The molecule has 0 bridgehead atoms. The number of aromatic nitrogens is 2. The molecule has 0 atom stereocenters. The first-order chi connectivity index (χ1) is 14.1. The number of benzene rings is 1. The fourth-order valence-corrected chi connectivity index (χ4v) is 4.56. The Bertz CT molecular complexity index is 1170. The zero-order chi connectivity index (χ0) is 20.2. The van der Waals surface area contributed by atoms with Gasteiger partial charge in [0, 0.05) is 6.54 Å². The fourth-order valence-electron chi connectivity index (χ4n) is 3.74. The Kier molecular flexibility index (Phi) is 5.76. The van der Waals surface area contributed by atoms with E-state index in [9.17, 15) is 14.4 Å². The lowest BCUT2D eigenvalue weighted by molar-refractivity contribution is -0.121. The van der Waals surface area contributed by atoms with Gasteiger partial charge in [-0.1, -0.05) is 29.8 Å². The molecule has 0 radical (unpaired) electrons. The van der Waals surface area contributed by atoms with Crippen molar-refractivity contribution in [3.05, 3.63) is 74.3 Å². The molecule has 1 aliphatic carbocycles. The van der Waals surface area contributed by atoms with Crippen LogP contribution in [-0.4, -0.2) is 21.6 Å². The molecule has 0 saturated heterocycles. The number of para-hydroxylation sites is 1. The zero-order valence-corrected chi connectivity index (χ0v) is 16.9. The maximum atomic E-state index is 13.1. The van der Waals surface area contributed by atoms with Crippen LogP contribution in [0.15, 0.2) is 63.0 Å². The first-order valence-electron chi connectivity index (χ1n) is 9.88. The third-order valence-corrected chi connectivity index (χ3v) is 6.12. The maximum Gasteiger partial charge on any atom is 0.336 e. The molecule has 1 aliphatic rings. The Hall–Kier alpha value is -2.93. The van der Waals surface area contributed by atoms with E-state index in [4.69, 9.17) is 0 Å². The van der Waals surface area contributed by atoms with Gasteiger partial charge in [-0.3, -0.25) is 14.2 Å². The Labute approximate surface area is 172 Å². The molecule has 1 N–H and O–H groups in total. The van der Waals surface area contributed by atoms with Crippen molar-refractivity contribution in [3.8, 4) is 5.69 Å². The van der Waals surface area contributed by atoms with Gasteiger partial charge in [0.25, 0.3) is 5.56 Å². The average molecular weight is 410 g/mol. The molecule has 29 heavy (non-hydrogen) atoms. The molecule has 6 nitrogen and oxygen atoms in total. The van der Waals surface area contributed by atoms with Crippen LogP contribution in [0.25, 0.3) is 15.9 Å². The fraction of sp³-hybridized carbons (Fsp3) is 0.318. The van der Waals surface area contributed by atoms with Crippen LogP contribution in [0, 0.1) is 0 Å². The van der Waals surface area contributed by atoms with Crippen molar-refractivity contribution in [2.45, 2.75) is 38.6 Å². The van der Waals surface area contributed by atoms with Gasteiger partial charge in [-0.2, -0.15) is 0 Å². The Balaban J connectivity index is 1.59. The van der Waals surface area contributed by atoms with Crippen LogP contribution < -0.4 is 16.6 Å². The smallest absolute Gasteiger partial charge is 0.336 e. The van der Waals surface area contributed by atoms with E-state index < -0.39 is 5.69 Å². The van der Waals surface area contributed by atoms with Gasteiger partial charge < -0.3 is 5.32 Å². The van der Waals surface area contributed by atoms with Crippen molar-refractivity contribution < 1.29 is 4.79 Å². The summed E-state index contributed by atoms with van der Waals surface area (Å²) in [5.74, 6) is -0.228. The monoisotopic (exact) mass is 409 g/mol. The van der Waals surface area contributed by atoms with E-state index in [1.807, 2.05) is 6.07 Å². The first kappa shape index (κ1) is 19.4. The molecule has 0 aliphatic heterocycles. The van der Waals surface area contributed by atoms with Gasteiger partial charge in [-0.15, -0.1) is 11.3 Å². The number of nitrogens with one attached hydrogen (secondary N) is 1. The first-order valence-corrected chi connectivity index (χ1v) is 10.8. The number of hydrogen-bond acceptors (Lipinski definition) is 4. The highest BCUT2D eigenvalue weighted by Crippen LogP contribution is 2.19. The molecule has 0 spiro atoms. The molecule has 0 saturated carbocycles. The summed E-state index contributed by atoms with van der Waals surface area (Å²) in [6.45, 7) is 0.447. The molecule has 2 heterocycles. The summed E-state index contributed by atoms with van der Waals surface area (Å²) in [7, 11) is 0. The second-order valence-electron chi connectivity index (χ2n) is 7.19. The number of amides is 1. The van der Waals surface area contributed by atoms with Crippen LogP contribution in [-0.2, 0) is 11.3 Å². The van der Waals surface area contributed by atoms with E-state index in [0.29, 0.717) is 22.4 Å². The van der Waals surface area contributed by atoms with Crippen LogP contribution in [0.2, 0.25) is 0 Å². The molecular formula is C22H23N3O3S. The number of hydrogen-bond donors (Lipinski definition) is 1. The number of carbonyl (C=O) groups is 1. The maximum absolute atomic E-state index is 13.1. The van der Waals surface area contributed by atoms with Gasteiger partial charge in [0.2, 0.25) is 5.91 Å². The van der Waals surface area contributed by atoms with E-state index in [-0.39, 0.29) is 18.0 Å². The number of rotatable bonds is 6. The van der Waals surface area contributed by atoms with Crippen LogP contribution in [0.4, 0.5) is 0 Å². The largest absolute Gasteiger partial charge is 0.354 e. The molecule has 3 aromatic rings. The van der Waals surface area contributed by atoms with E-state index >= 15 is 0 Å². The van der Waals surface area contributed by atoms with Crippen molar-refractivity contribution in [2.75, 3.05) is 6.54 Å². The molecule has 0 unspecified atom stereocenters. The summed E-state index contributed by atoms with van der Waals surface area (Å²) >= 11 is 1.28. The van der Waals surface area contributed by atoms with Gasteiger partial charge in [0.05, 0.1) is 11.2 Å². The lowest BCUT2D eigenvalue weighted by atomic mass is 9.97. The molecule has 150 valence electrons. The van der Waals surface area contributed by atoms with Crippen LogP contribution in [0.1, 0.15) is 32.1 Å². The summed E-state index contributed by atoms with van der Waals surface area (Å²) in [6, 6.07) is 10.5. The lowest BCUT2D eigenvalue weighted by Crippen LogP contribution is -2.41. The average Bonchev–Trinajstić information content (AvgIpc) is 3.23. The van der Waals surface area contributed by atoms with Crippen molar-refractivity contribution in [1.82, 2.24) is 14.5 Å². The summed E-state index contributed by atoms with van der Waals surface area (Å²) < 4.78 is 2.99. The predicted molar refractivity (Wildman–Crippen MR) is 116 cm³/mol. The molecule has 2 aromatic heterocycles. The minimum Gasteiger partial charge on any atom is -0.354 e. The molecule has 0 fully saturated rings. The molecular weight excluding hydrogens is 386 g/mol. The van der Waals surface area contributed by atoms with Gasteiger partial charge in [0.1, 0.15) is 11.2 Å². The Morgan fingerprint density at radius 1 is 1.10 bits per heavy atom. The summed E-state index contributed by atoms with van der Waals surface area (Å²) in [5, 5.41) is 4.68. The number of thiophene rings is 1. The second-order valence-corrected chi connectivity index (χ2v) is 8.10. The summed E-state index contributed by atoms with van der Waals surface area (Å²) in [4.78, 5) is 38.5. The Morgan fingerprint density at radius 3 is 2.69 bits per heavy atom. The van der Waals surface area contributed by atoms with Crippen LogP contribution in [0.5, 0.6) is 0 Å². The van der Waals surface area contributed by atoms with E-state index in [0.717, 1.165) is 23.8 Å². The van der Waals surface area contributed by atoms with Crippen molar-refractivity contribution in [2.24, 2.45) is 0 Å². The topological polar surface area (TPSA) is 73.1 Å². The lowest BCUT2D eigenvalue weighted by Gasteiger charge is -2.14. The standard InChI is InChI=1S/C22H23N3O3S/c26-19(23-13-11-16-7-3-1-4-8-16)15-24-18-12-14-29-20(18)21(27)25(22(24)28)17-9-5-2-6-10-17/h2,5-7,9-10,12,14H,1,3-4,8,11,13,15H2,(H,23,26). The van der Waals surface area contributed by atoms with Gasteiger partial charge in [-0.25, -0.2) is 9.36 Å². The number of allylic oxidation sites excluding steroid dienone is 1. The van der Waals surface area contributed by atoms with Crippen molar-refractivity contribution >= 4 is 27.5 Å². The van der Waals surface area contributed by atoms with Gasteiger partial charge in [0.15, 0.2) is 0 Å². The highest BCUT2D eigenvalue weighted by Gasteiger charge is 2.17. The highest BCUT2D eigenvalue weighted by molar-refractivity contribution is 7.17. The van der Waals surface area contributed by atoms with Crippen LogP contribution in [0.3, 0.4) is 0 Å². The summed E-state index contributed by atoms with van der Waals surface area (Å²) in [5.41, 5.74) is 1.54. The number of carbonyl (C=O) groups excluding carboxylic acids is 1.